The van der Waals surface area contributed by atoms with E-state index in [2.05, 4.69) is 17.2 Å². The van der Waals surface area contributed by atoms with Crippen molar-refractivity contribution in [3.8, 4) is 0 Å². The topological polar surface area (TPSA) is 78.5 Å². The third kappa shape index (κ3) is 5.78. The van der Waals surface area contributed by atoms with Gasteiger partial charge in [-0.3, -0.25) is 14.4 Å². The Morgan fingerprint density at radius 2 is 1.72 bits per heavy atom. The number of nitrogens with one attached hydrogen (secondary N) is 2. The van der Waals surface area contributed by atoms with Crippen LogP contribution in [0.1, 0.15) is 33.6 Å². The summed E-state index contributed by atoms with van der Waals surface area (Å²) >= 11 is 0. The molecule has 1 aliphatic heterocycles. The standard InChI is InChI=1S/C24H25F2N3O3/c1-2-12-27-23(31)21(28-22(30)17-6-8-19(25)9-7-17)16-10-13-29(14-11-16)24(32)18-4-3-5-20(26)15-18/h2-9,15-16,21H,1,10-14H2,(H,27,31)(H,28,30)/t21-/m1/s1. The van der Waals surface area contributed by atoms with Gasteiger partial charge in [-0.2, -0.15) is 0 Å². The molecule has 6 nitrogen and oxygen atoms in total. The lowest BCUT2D eigenvalue weighted by molar-refractivity contribution is -0.124. The SMILES string of the molecule is C=CCNC(=O)[C@H](NC(=O)c1ccc(F)cc1)C1CCN(C(=O)c2cccc(F)c2)CC1. The number of halogens is 2. The maximum atomic E-state index is 13.5. The van der Waals surface area contributed by atoms with Crippen molar-refractivity contribution in [2.24, 2.45) is 5.92 Å². The molecule has 168 valence electrons. The number of rotatable bonds is 7. The lowest BCUT2D eigenvalue weighted by Crippen LogP contribution is -2.53. The van der Waals surface area contributed by atoms with E-state index >= 15 is 0 Å². The van der Waals surface area contributed by atoms with Crippen LogP contribution in [0.2, 0.25) is 0 Å². The maximum absolute atomic E-state index is 13.5. The summed E-state index contributed by atoms with van der Waals surface area (Å²) in [5.41, 5.74) is 0.514. The van der Waals surface area contributed by atoms with E-state index in [1.807, 2.05) is 0 Å². The first-order valence-corrected chi connectivity index (χ1v) is 10.4. The number of benzene rings is 2. The molecule has 1 heterocycles. The normalized spacial score (nSPS) is 15.0. The minimum atomic E-state index is -0.820. The Morgan fingerprint density at radius 3 is 2.34 bits per heavy atom. The van der Waals surface area contributed by atoms with Crippen LogP contribution in [0.4, 0.5) is 8.78 Å². The summed E-state index contributed by atoms with van der Waals surface area (Å²) in [5.74, 6) is -2.26. The second-order valence-corrected chi connectivity index (χ2v) is 7.63. The molecule has 0 unspecified atom stereocenters. The summed E-state index contributed by atoms with van der Waals surface area (Å²) in [4.78, 5) is 39.7. The fourth-order valence-corrected chi connectivity index (χ4v) is 3.75. The van der Waals surface area contributed by atoms with Gasteiger partial charge in [-0.05, 0) is 61.2 Å². The van der Waals surface area contributed by atoms with Crippen molar-refractivity contribution in [3.63, 3.8) is 0 Å². The van der Waals surface area contributed by atoms with Gasteiger partial charge in [0.15, 0.2) is 0 Å². The molecular weight excluding hydrogens is 416 g/mol. The molecule has 0 radical (unpaired) electrons. The van der Waals surface area contributed by atoms with Crippen molar-refractivity contribution in [1.29, 1.82) is 0 Å². The lowest BCUT2D eigenvalue weighted by Gasteiger charge is -2.35. The zero-order chi connectivity index (χ0) is 23.1. The van der Waals surface area contributed by atoms with E-state index in [9.17, 15) is 23.2 Å². The molecule has 8 heteroatoms. The smallest absolute Gasteiger partial charge is 0.253 e. The quantitative estimate of drug-likeness (QED) is 0.649. The van der Waals surface area contributed by atoms with Crippen molar-refractivity contribution < 1.29 is 23.2 Å². The zero-order valence-corrected chi connectivity index (χ0v) is 17.5. The van der Waals surface area contributed by atoms with Gasteiger partial charge >= 0.3 is 0 Å². The number of nitrogens with zero attached hydrogens (tertiary/aromatic N) is 1. The van der Waals surface area contributed by atoms with Crippen LogP contribution in [-0.4, -0.2) is 48.3 Å². The van der Waals surface area contributed by atoms with Crippen LogP contribution in [0.15, 0.2) is 61.2 Å². The molecule has 1 fully saturated rings. The summed E-state index contributed by atoms with van der Waals surface area (Å²) < 4.78 is 26.6. The molecule has 0 bridgehead atoms. The minimum Gasteiger partial charge on any atom is -0.351 e. The second-order valence-electron chi connectivity index (χ2n) is 7.63. The molecule has 0 aliphatic carbocycles. The highest BCUT2D eigenvalue weighted by Crippen LogP contribution is 2.23. The molecule has 2 N–H and O–H groups in total. The van der Waals surface area contributed by atoms with Crippen LogP contribution in [0.25, 0.3) is 0 Å². The lowest BCUT2D eigenvalue weighted by atomic mass is 9.88. The fraction of sp³-hybridized carbons (Fsp3) is 0.292. The molecule has 32 heavy (non-hydrogen) atoms. The van der Waals surface area contributed by atoms with Gasteiger partial charge in [0.05, 0.1) is 0 Å². The van der Waals surface area contributed by atoms with Crippen molar-refractivity contribution >= 4 is 17.7 Å². The summed E-state index contributed by atoms with van der Waals surface area (Å²) in [6, 6.07) is 9.76. The highest BCUT2D eigenvalue weighted by atomic mass is 19.1. The minimum absolute atomic E-state index is 0.208. The van der Waals surface area contributed by atoms with Gasteiger partial charge < -0.3 is 15.5 Å². The zero-order valence-electron chi connectivity index (χ0n) is 17.5. The molecule has 1 aliphatic rings. The molecular formula is C24H25F2N3O3. The Labute approximate surface area is 185 Å². The van der Waals surface area contributed by atoms with Crippen LogP contribution in [0, 0.1) is 17.6 Å². The first-order chi connectivity index (χ1) is 15.4. The Hall–Kier alpha value is -3.55. The van der Waals surface area contributed by atoms with Crippen LogP contribution in [-0.2, 0) is 4.79 Å². The van der Waals surface area contributed by atoms with Crippen LogP contribution in [0.5, 0.6) is 0 Å². The molecule has 1 atom stereocenters. The summed E-state index contributed by atoms with van der Waals surface area (Å²) in [6.45, 7) is 4.57. The number of piperidine rings is 1. The Bertz CT molecular complexity index is 986. The van der Waals surface area contributed by atoms with Crippen molar-refractivity contribution in [2.75, 3.05) is 19.6 Å². The maximum Gasteiger partial charge on any atom is 0.253 e. The van der Waals surface area contributed by atoms with Gasteiger partial charge in [0.25, 0.3) is 11.8 Å². The molecule has 0 spiro atoms. The second kappa shape index (κ2) is 10.7. The van der Waals surface area contributed by atoms with E-state index < -0.39 is 23.6 Å². The average molecular weight is 441 g/mol. The Kier molecular flexibility index (Phi) is 7.70. The number of likely N-dealkylation sites (tertiary alicyclic amines) is 1. The van der Waals surface area contributed by atoms with Crippen LogP contribution >= 0.6 is 0 Å². The van der Waals surface area contributed by atoms with Crippen LogP contribution in [0.3, 0.4) is 0 Å². The van der Waals surface area contributed by atoms with Gasteiger partial charge in [0.1, 0.15) is 17.7 Å². The first-order valence-electron chi connectivity index (χ1n) is 10.4. The Balaban J connectivity index is 1.68. The van der Waals surface area contributed by atoms with E-state index in [0.29, 0.717) is 25.9 Å². The highest BCUT2D eigenvalue weighted by Gasteiger charge is 2.34. The van der Waals surface area contributed by atoms with Crippen LogP contribution < -0.4 is 10.6 Å². The molecule has 3 rings (SSSR count). The molecule has 2 aromatic rings. The number of hydrogen-bond donors (Lipinski definition) is 2. The molecule has 1 saturated heterocycles. The van der Waals surface area contributed by atoms with Gasteiger partial charge in [-0.25, -0.2) is 8.78 Å². The van der Waals surface area contributed by atoms with Crippen molar-refractivity contribution in [3.05, 3.63) is 83.9 Å². The summed E-state index contributed by atoms with van der Waals surface area (Å²) in [5, 5.41) is 5.46. The number of carbonyl (C=O) groups excluding carboxylic acids is 3. The van der Waals surface area contributed by atoms with E-state index in [-0.39, 0.29) is 35.4 Å². The fourth-order valence-electron chi connectivity index (χ4n) is 3.75. The van der Waals surface area contributed by atoms with Crippen molar-refractivity contribution in [2.45, 2.75) is 18.9 Å². The van der Waals surface area contributed by atoms with Gasteiger partial charge in [-0.1, -0.05) is 12.1 Å². The highest BCUT2D eigenvalue weighted by molar-refractivity contribution is 5.97. The molecule has 0 aromatic heterocycles. The van der Waals surface area contributed by atoms with E-state index in [1.54, 1.807) is 11.0 Å². The predicted molar refractivity (Wildman–Crippen MR) is 116 cm³/mol. The third-order valence-corrected chi connectivity index (χ3v) is 5.47. The van der Waals surface area contributed by atoms with E-state index in [4.69, 9.17) is 0 Å². The van der Waals surface area contributed by atoms with Gasteiger partial charge in [-0.15, -0.1) is 6.58 Å². The van der Waals surface area contributed by atoms with E-state index in [1.165, 1.54) is 48.5 Å². The molecule has 0 saturated carbocycles. The number of carbonyl (C=O) groups is 3. The van der Waals surface area contributed by atoms with Gasteiger partial charge in [0.2, 0.25) is 5.91 Å². The first kappa shape index (κ1) is 23.1. The number of hydrogen-bond acceptors (Lipinski definition) is 3. The summed E-state index contributed by atoms with van der Waals surface area (Å²) in [7, 11) is 0. The Morgan fingerprint density at radius 1 is 1.03 bits per heavy atom. The van der Waals surface area contributed by atoms with E-state index in [0.717, 1.165) is 0 Å². The largest absolute Gasteiger partial charge is 0.351 e. The number of amides is 3. The molecule has 2 aromatic carbocycles. The molecule has 3 amide bonds. The third-order valence-electron chi connectivity index (χ3n) is 5.47. The monoisotopic (exact) mass is 441 g/mol. The van der Waals surface area contributed by atoms with Gasteiger partial charge in [0, 0.05) is 30.8 Å². The predicted octanol–water partition coefficient (Wildman–Crippen LogP) is 2.92. The van der Waals surface area contributed by atoms with Crippen molar-refractivity contribution in [1.82, 2.24) is 15.5 Å². The average Bonchev–Trinajstić information content (AvgIpc) is 2.81. The summed E-state index contributed by atoms with van der Waals surface area (Å²) in [6.07, 6.45) is 2.50.